The number of rotatable bonds is 6. The predicted molar refractivity (Wildman–Crippen MR) is 88.1 cm³/mol. The predicted octanol–water partition coefficient (Wildman–Crippen LogP) is 3.42. The molecule has 1 aromatic carbocycles. The molecule has 1 atom stereocenters. The quantitative estimate of drug-likeness (QED) is 0.830. The second kappa shape index (κ2) is 8.43. The molecule has 2 aromatic rings. The summed E-state index contributed by atoms with van der Waals surface area (Å²) in [5.74, 6) is 7.91. The van der Waals surface area contributed by atoms with Crippen LogP contribution in [0.5, 0.6) is 0 Å². The van der Waals surface area contributed by atoms with E-state index >= 15 is 0 Å². The SMILES string of the molecule is CC[C@@H](C)N(CC#Cc1ccccc1)Cc1ccc(CO)o1. The zero-order valence-corrected chi connectivity index (χ0v) is 13.2. The fourth-order valence-electron chi connectivity index (χ4n) is 2.18. The molecule has 3 nitrogen and oxygen atoms in total. The second-order valence-electron chi connectivity index (χ2n) is 5.36. The van der Waals surface area contributed by atoms with E-state index in [2.05, 4.69) is 30.6 Å². The van der Waals surface area contributed by atoms with E-state index in [1.54, 1.807) is 0 Å². The molecular formula is C19H23NO2. The van der Waals surface area contributed by atoms with Gasteiger partial charge in [-0.3, -0.25) is 4.90 Å². The van der Waals surface area contributed by atoms with E-state index in [1.807, 2.05) is 42.5 Å². The average molecular weight is 297 g/mol. The Bertz CT molecular complexity index is 622. The molecule has 116 valence electrons. The van der Waals surface area contributed by atoms with Crippen LogP contribution >= 0.6 is 0 Å². The monoisotopic (exact) mass is 297 g/mol. The summed E-state index contributed by atoms with van der Waals surface area (Å²) in [4.78, 5) is 2.29. The molecule has 0 amide bonds. The maximum Gasteiger partial charge on any atom is 0.129 e. The number of hydrogen-bond acceptors (Lipinski definition) is 3. The molecule has 1 N–H and O–H groups in total. The molecule has 3 heteroatoms. The summed E-state index contributed by atoms with van der Waals surface area (Å²) < 4.78 is 5.58. The first kappa shape index (κ1) is 16.4. The van der Waals surface area contributed by atoms with Gasteiger partial charge in [0.15, 0.2) is 0 Å². The highest BCUT2D eigenvalue weighted by molar-refractivity contribution is 5.33. The Hall–Kier alpha value is -2.02. The van der Waals surface area contributed by atoms with Gasteiger partial charge in [-0.2, -0.15) is 0 Å². The van der Waals surface area contributed by atoms with Crippen molar-refractivity contribution in [2.45, 2.75) is 39.5 Å². The van der Waals surface area contributed by atoms with Gasteiger partial charge in [-0.1, -0.05) is 37.0 Å². The van der Waals surface area contributed by atoms with Gasteiger partial charge in [0.1, 0.15) is 18.1 Å². The zero-order chi connectivity index (χ0) is 15.8. The Morgan fingerprint density at radius 1 is 1.14 bits per heavy atom. The molecule has 0 bridgehead atoms. The molecule has 0 spiro atoms. The molecule has 0 fully saturated rings. The van der Waals surface area contributed by atoms with Crippen LogP contribution in [0.2, 0.25) is 0 Å². The lowest BCUT2D eigenvalue weighted by molar-refractivity contribution is 0.194. The van der Waals surface area contributed by atoms with Gasteiger partial charge in [-0.15, -0.1) is 0 Å². The van der Waals surface area contributed by atoms with Crippen molar-refractivity contribution in [2.75, 3.05) is 6.54 Å². The smallest absolute Gasteiger partial charge is 0.129 e. The largest absolute Gasteiger partial charge is 0.462 e. The van der Waals surface area contributed by atoms with Gasteiger partial charge in [0, 0.05) is 11.6 Å². The Kier molecular flexibility index (Phi) is 6.27. The molecule has 22 heavy (non-hydrogen) atoms. The van der Waals surface area contributed by atoms with Gasteiger partial charge in [-0.25, -0.2) is 0 Å². The van der Waals surface area contributed by atoms with Crippen LogP contribution in [0, 0.1) is 11.8 Å². The van der Waals surface area contributed by atoms with Crippen LogP contribution in [0.25, 0.3) is 0 Å². The van der Waals surface area contributed by atoms with E-state index in [9.17, 15) is 0 Å². The lowest BCUT2D eigenvalue weighted by Gasteiger charge is -2.25. The molecule has 0 aliphatic carbocycles. The molecule has 0 saturated carbocycles. The number of hydrogen-bond donors (Lipinski definition) is 1. The second-order valence-corrected chi connectivity index (χ2v) is 5.36. The minimum absolute atomic E-state index is 0.0584. The lowest BCUT2D eigenvalue weighted by atomic mass is 10.2. The fraction of sp³-hybridized carbons (Fsp3) is 0.368. The van der Waals surface area contributed by atoms with Crippen LogP contribution in [0.1, 0.15) is 37.4 Å². The third kappa shape index (κ3) is 4.77. The number of nitrogens with zero attached hydrogens (tertiary/aromatic N) is 1. The normalized spacial score (nSPS) is 12.0. The first-order valence-electron chi connectivity index (χ1n) is 7.69. The molecular weight excluding hydrogens is 274 g/mol. The standard InChI is InChI=1S/C19H23NO2/c1-3-16(2)20(14-18-11-12-19(15-21)22-18)13-7-10-17-8-5-4-6-9-17/h4-6,8-9,11-12,16,21H,3,13-15H2,1-2H3/t16-/m1/s1. The molecule has 0 aliphatic heterocycles. The van der Waals surface area contributed by atoms with Crippen LogP contribution in [0.15, 0.2) is 46.9 Å². The Morgan fingerprint density at radius 2 is 1.86 bits per heavy atom. The van der Waals surface area contributed by atoms with Gasteiger partial charge in [-0.05, 0) is 37.6 Å². The third-order valence-electron chi connectivity index (χ3n) is 3.73. The van der Waals surface area contributed by atoms with Gasteiger partial charge in [0.25, 0.3) is 0 Å². The van der Waals surface area contributed by atoms with E-state index in [4.69, 9.17) is 9.52 Å². The number of aliphatic hydroxyl groups excluding tert-OH is 1. The number of furan rings is 1. The van der Waals surface area contributed by atoms with E-state index in [1.165, 1.54) is 0 Å². The van der Waals surface area contributed by atoms with Crippen molar-refractivity contribution >= 4 is 0 Å². The van der Waals surface area contributed by atoms with Crippen LogP contribution in [-0.4, -0.2) is 22.6 Å². The van der Waals surface area contributed by atoms with E-state index < -0.39 is 0 Å². The van der Waals surface area contributed by atoms with Gasteiger partial charge >= 0.3 is 0 Å². The van der Waals surface area contributed by atoms with Crippen LogP contribution in [-0.2, 0) is 13.2 Å². The van der Waals surface area contributed by atoms with Gasteiger partial charge in [0.05, 0.1) is 13.1 Å². The molecule has 0 radical (unpaired) electrons. The summed E-state index contributed by atoms with van der Waals surface area (Å²) in [7, 11) is 0. The highest BCUT2D eigenvalue weighted by atomic mass is 16.4. The summed E-state index contributed by atoms with van der Waals surface area (Å²) in [5, 5.41) is 9.08. The molecule has 0 aliphatic rings. The molecule has 1 heterocycles. The van der Waals surface area contributed by atoms with Crippen LogP contribution in [0.4, 0.5) is 0 Å². The Morgan fingerprint density at radius 3 is 2.50 bits per heavy atom. The minimum Gasteiger partial charge on any atom is -0.462 e. The van der Waals surface area contributed by atoms with Crippen LogP contribution < -0.4 is 0 Å². The first-order valence-corrected chi connectivity index (χ1v) is 7.69. The van der Waals surface area contributed by atoms with Crippen molar-refractivity contribution < 1.29 is 9.52 Å². The number of benzene rings is 1. The van der Waals surface area contributed by atoms with Crippen molar-refractivity contribution in [1.29, 1.82) is 0 Å². The maximum absolute atomic E-state index is 9.08. The summed E-state index contributed by atoms with van der Waals surface area (Å²) in [5.41, 5.74) is 1.03. The average Bonchev–Trinajstić information content (AvgIpc) is 3.02. The molecule has 0 saturated heterocycles. The number of aliphatic hydroxyl groups is 1. The summed E-state index contributed by atoms with van der Waals surface area (Å²) in [6, 6.07) is 14.2. The Balaban J connectivity index is 2.02. The van der Waals surface area contributed by atoms with Crippen molar-refractivity contribution in [3.63, 3.8) is 0 Å². The fourth-order valence-corrected chi connectivity index (χ4v) is 2.18. The molecule has 0 unspecified atom stereocenters. The van der Waals surface area contributed by atoms with E-state index in [0.717, 1.165) is 17.7 Å². The van der Waals surface area contributed by atoms with E-state index in [0.29, 0.717) is 24.9 Å². The zero-order valence-electron chi connectivity index (χ0n) is 13.2. The third-order valence-corrected chi connectivity index (χ3v) is 3.73. The van der Waals surface area contributed by atoms with Crippen molar-refractivity contribution in [3.8, 4) is 11.8 Å². The van der Waals surface area contributed by atoms with Crippen molar-refractivity contribution in [2.24, 2.45) is 0 Å². The van der Waals surface area contributed by atoms with Crippen molar-refractivity contribution in [1.82, 2.24) is 4.90 Å². The summed E-state index contributed by atoms with van der Waals surface area (Å²) in [6.07, 6.45) is 1.06. The highest BCUT2D eigenvalue weighted by Crippen LogP contribution is 2.13. The summed E-state index contributed by atoms with van der Waals surface area (Å²) >= 11 is 0. The van der Waals surface area contributed by atoms with Crippen LogP contribution in [0.3, 0.4) is 0 Å². The molecule has 2 rings (SSSR count). The van der Waals surface area contributed by atoms with Gasteiger partial charge in [0.2, 0.25) is 0 Å². The lowest BCUT2D eigenvalue weighted by Crippen LogP contribution is -2.32. The maximum atomic E-state index is 9.08. The topological polar surface area (TPSA) is 36.6 Å². The van der Waals surface area contributed by atoms with Crippen molar-refractivity contribution in [3.05, 3.63) is 59.5 Å². The first-order chi connectivity index (χ1) is 10.7. The minimum atomic E-state index is -0.0584. The van der Waals surface area contributed by atoms with Gasteiger partial charge < -0.3 is 9.52 Å². The Labute approximate surface area is 132 Å². The van der Waals surface area contributed by atoms with E-state index in [-0.39, 0.29) is 6.61 Å². The highest BCUT2D eigenvalue weighted by Gasteiger charge is 2.13. The molecule has 1 aromatic heterocycles. The summed E-state index contributed by atoms with van der Waals surface area (Å²) in [6.45, 7) is 5.71.